The number of ketones is 1. The van der Waals surface area contributed by atoms with Crippen molar-refractivity contribution >= 4 is 33.3 Å². The van der Waals surface area contributed by atoms with Crippen molar-refractivity contribution in [1.82, 2.24) is 0 Å². The van der Waals surface area contributed by atoms with E-state index < -0.39 is 0 Å². The zero-order chi connectivity index (χ0) is 15.4. The van der Waals surface area contributed by atoms with Crippen molar-refractivity contribution in [3.8, 4) is 0 Å². The van der Waals surface area contributed by atoms with Gasteiger partial charge in [0, 0.05) is 10.5 Å². The predicted octanol–water partition coefficient (Wildman–Crippen LogP) is 2.89. The quantitative estimate of drug-likeness (QED) is 0.682. The fourth-order valence-corrected chi connectivity index (χ4v) is 2.50. The molecule has 108 valence electrons. The number of rotatable bonds is 4. The summed E-state index contributed by atoms with van der Waals surface area (Å²) in [6.45, 7) is 3.64. The molecule has 1 heterocycles. The summed E-state index contributed by atoms with van der Waals surface area (Å²) in [5.41, 5.74) is 2.43. The summed E-state index contributed by atoms with van der Waals surface area (Å²) in [7, 11) is 0. The van der Waals surface area contributed by atoms with E-state index in [0.29, 0.717) is 5.56 Å². The number of aromatic nitrogens is 1. The number of nitrogens with zero attached hydrogens (tertiary/aromatic N) is 1. The van der Waals surface area contributed by atoms with Crippen LogP contribution in [0.15, 0.2) is 47.2 Å². The minimum atomic E-state index is -0.148. The van der Waals surface area contributed by atoms with Gasteiger partial charge in [-0.3, -0.25) is 9.59 Å². The number of hydrogen-bond donors (Lipinski definition) is 1. The molecule has 1 aromatic carbocycles. The van der Waals surface area contributed by atoms with Crippen LogP contribution in [-0.4, -0.2) is 11.7 Å². The van der Waals surface area contributed by atoms with Gasteiger partial charge in [0.15, 0.2) is 18.2 Å². The van der Waals surface area contributed by atoms with Crippen molar-refractivity contribution in [3.05, 3.63) is 58.3 Å². The lowest BCUT2D eigenvalue weighted by Gasteiger charge is -2.06. The number of halogens is 1. The zero-order valence-electron chi connectivity index (χ0n) is 11.9. The molecule has 21 heavy (non-hydrogen) atoms. The Morgan fingerprint density at radius 3 is 2.71 bits per heavy atom. The Labute approximate surface area is 131 Å². The Kier molecular flexibility index (Phi) is 4.85. The lowest BCUT2D eigenvalue weighted by atomic mass is 10.2. The first-order valence-corrected chi connectivity index (χ1v) is 7.31. The predicted molar refractivity (Wildman–Crippen MR) is 84.2 cm³/mol. The Morgan fingerprint density at radius 2 is 2.05 bits per heavy atom. The third-order valence-electron chi connectivity index (χ3n) is 2.99. The molecule has 0 saturated carbocycles. The van der Waals surface area contributed by atoms with Crippen LogP contribution in [0.25, 0.3) is 0 Å². The Balaban J connectivity index is 2.08. The molecule has 0 atom stereocenters. The third kappa shape index (κ3) is 4.23. The normalized spacial score (nSPS) is 10.2. The highest BCUT2D eigenvalue weighted by Gasteiger charge is 2.13. The molecule has 0 aliphatic heterocycles. The fourth-order valence-electron chi connectivity index (χ4n) is 1.91. The summed E-state index contributed by atoms with van der Waals surface area (Å²) in [4.78, 5) is 23.4. The van der Waals surface area contributed by atoms with Gasteiger partial charge in [-0.2, -0.15) is 4.57 Å². The van der Waals surface area contributed by atoms with Crippen molar-refractivity contribution in [2.45, 2.75) is 20.4 Å². The van der Waals surface area contributed by atoms with E-state index in [1.165, 1.54) is 6.92 Å². The molecular formula is C16H16BrN2O2+. The summed E-state index contributed by atoms with van der Waals surface area (Å²) in [5, 5.41) is 2.84. The molecule has 1 N–H and O–H groups in total. The van der Waals surface area contributed by atoms with Crippen molar-refractivity contribution < 1.29 is 14.2 Å². The van der Waals surface area contributed by atoms with E-state index >= 15 is 0 Å². The number of anilines is 1. The standard InChI is InChI=1S/C16H15BrN2O2/c1-11-5-6-15(14(17)8-11)18-16(21)10-19-7-3-4-13(9-19)12(2)20/h3-9H,10H2,1-2H3/p+1. The second-order valence-electron chi connectivity index (χ2n) is 4.85. The number of nitrogens with one attached hydrogen (secondary N) is 1. The Morgan fingerprint density at radius 1 is 1.29 bits per heavy atom. The highest BCUT2D eigenvalue weighted by molar-refractivity contribution is 9.10. The molecule has 0 aliphatic carbocycles. The molecule has 0 aliphatic rings. The molecule has 2 aromatic rings. The van der Waals surface area contributed by atoms with E-state index in [4.69, 9.17) is 0 Å². The second kappa shape index (κ2) is 6.63. The van der Waals surface area contributed by atoms with Gasteiger partial charge < -0.3 is 5.32 Å². The average Bonchev–Trinajstić information content (AvgIpc) is 2.42. The van der Waals surface area contributed by atoms with E-state index in [1.807, 2.05) is 25.1 Å². The molecule has 0 saturated heterocycles. The lowest BCUT2D eigenvalue weighted by molar-refractivity contribution is -0.684. The van der Waals surface area contributed by atoms with Crippen LogP contribution in [0.2, 0.25) is 0 Å². The van der Waals surface area contributed by atoms with Gasteiger partial charge >= 0.3 is 0 Å². The van der Waals surface area contributed by atoms with E-state index in [1.54, 1.807) is 29.1 Å². The number of benzene rings is 1. The molecule has 0 fully saturated rings. The van der Waals surface area contributed by atoms with Gasteiger partial charge in [0.05, 0.1) is 11.3 Å². The Hall–Kier alpha value is -2.01. The maximum Gasteiger partial charge on any atom is 0.290 e. The topological polar surface area (TPSA) is 50.0 Å². The van der Waals surface area contributed by atoms with E-state index in [2.05, 4.69) is 21.2 Å². The number of carbonyl (C=O) groups is 2. The second-order valence-corrected chi connectivity index (χ2v) is 5.71. The fraction of sp³-hybridized carbons (Fsp3) is 0.188. The molecule has 0 bridgehead atoms. The van der Waals surface area contributed by atoms with Gasteiger partial charge in [0.2, 0.25) is 6.54 Å². The minimum Gasteiger partial charge on any atom is -0.320 e. The first kappa shape index (κ1) is 15.4. The SMILES string of the molecule is CC(=O)c1ccc[n+](CC(=O)Nc2ccc(C)cc2Br)c1. The van der Waals surface area contributed by atoms with Crippen LogP contribution in [0, 0.1) is 6.92 Å². The van der Waals surface area contributed by atoms with Gasteiger partial charge in [0.1, 0.15) is 0 Å². The summed E-state index contributed by atoms with van der Waals surface area (Å²) < 4.78 is 2.53. The van der Waals surface area contributed by atoms with Crippen LogP contribution in [0.1, 0.15) is 22.8 Å². The number of aryl methyl sites for hydroxylation is 1. The monoisotopic (exact) mass is 347 g/mol. The summed E-state index contributed by atoms with van der Waals surface area (Å²) in [6, 6.07) is 9.22. The molecule has 0 radical (unpaired) electrons. The van der Waals surface area contributed by atoms with E-state index in [0.717, 1.165) is 15.7 Å². The van der Waals surface area contributed by atoms with E-state index in [-0.39, 0.29) is 18.2 Å². The van der Waals surface area contributed by atoms with Gasteiger partial charge in [0.25, 0.3) is 5.91 Å². The number of amides is 1. The highest BCUT2D eigenvalue weighted by Crippen LogP contribution is 2.23. The lowest BCUT2D eigenvalue weighted by Crippen LogP contribution is -2.40. The molecule has 0 unspecified atom stereocenters. The molecule has 5 heteroatoms. The molecular weight excluding hydrogens is 332 g/mol. The van der Waals surface area contributed by atoms with Crippen LogP contribution < -0.4 is 9.88 Å². The van der Waals surface area contributed by atoms with Crippen LogP contribution in [0.4, 0.5) is 5.69 Å². The van der Waals surface area contributed by atoms with Crippen LogP contribution in [-0.2, 0) is 11.3 Å². The molecule has 0 spiro atoms. The Bertz CT molecular complexity index is 698. The van der Waals surface area contributed by atoms with Gasteiger partial charge in [-0.05, 0) is 53.5 Å². The maximum atomic E-state index is 12.1. The number of Topliss-reactive ketones (excluding diaryl/α,β-unsaturated/α-hetero) is 1. The van der Waals surface area contributed by atoms with Gasteiger partial charge in [-0.25, -0.2) is 0 Å². The van der Waals surface area contributed by atoms with Crippen molar-refractivity contribution in [3.63, 3.8) is 0 Å². The number of carbonyl (C=O) groups excluding carboxylic acids is 2. The van der Waals surface area contributed by atoms with Crippen molar-refractivity contribution in [2.75, 3.05) is 5.32 Å². The van der Waals surface area contributed by atoms with Crippen molar-refractivity contribution in [2.24, 2.45) is 0 Å². The summed E-state index contributed by atoms with van der Waals surface area (Å²) in [5.74, 6) is -0.170. The molecule has 2 rings (SSSR count). The van der Waals surface area contributed by atoms with Crippen LogP contribution in [0.3, 0.4) is 0 Å². The molecule has 1 amide bonds. The summed E-state index contributed by atoms with van der Waals surface area (Å²) >= 11 is 3.43. The summed E-state index contributed by atoms with van der Waals surface area (Å²) in [6.07, 6.45) is 3.43. The van der Waals surface area contributed by atoms with E-state index in [9.17, 15) is 9.59 Å². The van der Waals surface area contributed by atoms with Gasteiger partial charge in [-0.1, -0.05) is 6.07 Å². The maximum absolute atomic E-state index is 12.1. The number of pyridine rings is 1. The number of hydrogen-bond acceptors (Lipinski definition) is 2. The third-order valence-corrected chi connectivity index (χ3v) is 3.65. The molecule has 1 aromatic heterocycles. The first-order chi connectivity index (χ1) is 9.95. The minimum absolute atomic E-state index is 0.0222. The smallest absolute Gasteiger partial charge is 0.290 e. The van der Waals surface area contributed by atoms with Gasteiger partial charge in [-0.15, -0.1) is 0 Å². The van der Waals surface area contributed by atoms with Crippen LogP contribution >= 0.6 is 15.9 Å². The largest absolute Gasteiger partial charge is 0.320 e. The average molecular weight is 348 g/mol. The molecule has 4 nitrogen and oxygen atoms in total. The first-order valence-electron chi connectivity index (χ1n) is 6.52. The highest BCUT2D eigenvalue weighted by atomic mass is 79.9. The zero-order valence-corrected chi connectivity index (χ0v) is 13.5. The van der Waals surface area contributed by atoms with Crippen molar-refractivity contribution in [1.29, 1.82) is 0 Å². The van der Waals surface area contributed by atoms with Crippen LogP contribution in [0.5, 0.6) is 0 Å².